The third-order valence-corrected chi connectivity index (χ3v) is 4.45. The largest absolute Gasteiger partial charge is 0.369 e. The van der Waals surface area contributed by atoms with Crippen LogP contribution in [0.15, 0.2) is 35.7 Å². The SMILES string of the molecule is O=C(CBr)CNc1sccc1C(=O)c1ccccc1Cl. The second-order valence-corrected chi connectivity index (χ2v) is 5.88. The number of hydrogen-bond donors (Lipinski definition) is 1. The molecule has 3 nitrogen and oxygen atoms in total. The quantitative estimate of drug-likeness (QED) is 0.615. The van der Waals surface area contributed by atoms with Crippen LogP contribution in [0.25, 0.3) is 0 Å². The van der Waals surface area contributed by atoms with E-state index in [1.807, 2.05) is 5.38 Å². The monoisotopic (exact) mass is 371 g/mol. The topological polar surface area (TPSA) is 46.2 Å². The fourth-order valence-corrected chi connectivity index (χ4v) is 2.84. The molecule has 0 aliphatic carbocycles. The van der Waals surface area contributed by atoms with Crippen molar-refractivity contribution in [2.24, 2.45) is 0 Å². The Kier molecular flexibility index (Phi) is 5.34. The first-order valence-electron chi connectivity index (χ1n) is 5.81. The highest BCUT2D eigenvalue weighted by Crippen LogP contribution is 2.28. The lowest BCUT2D eigenvalue weighted by Crippen LogP contribution is -2.15. The fourth-order valence-electron chi connectivity index (χ4n) is 1.64. The molecule has 1 heterocycles. The second-order valence-electron chi connectivity index (χ2n) is 4.00. The Morgan fingerprint density at radius 3 is 2.65 bits per heavy atom. The molecule has 1 aromatic carbocycles. The first kappa shape index (κ1) is 15.2. The van der Waals surface area contributed by atoms with E-state index in [-0.39, 0.29) is 18.1 Å². The lowest BCUT2D eigenvalue weighted by Gasteiger charge is -2.06. The molecule has 1 N–H and O–H groups in total. The van der Waals surface area contributed by atoms with Gasteiger partial charge in [-0.1, -0.05) is 39.7 Å². The van der Waals surface area contributed by atoms with Crippen LogP contribution in [0.4, 0.5) is 5.00 Å². The molecule has 6 heteroatoms. The number of carbonyl (C=O) groups excluding carboxylic acids is 2. The third-order valence-electron chi connectivity index (χ3n) is 2.62. The van der Waals surface area contributed by atoms with E-state index in [1.165, 1.54) is 11.3 Å². The van der Waals surface area contributed by atoms with Crippen molar-refractivity contribution in [3.8, 4) is 0 Å². The number of ketones is 2. The Hall–Kier alpha value is -1.17. The average Bonchev–Trinajstić information content (AvgIpc) is 2.93. The molecule has 0 radical (unpaired) electrons. The maximum atomic E-state index is 12.5. The number of halogens is 2. The maximum Gasteiger partial charge on any atom is 0.197 e. The van der Waals surface area contributed by atoms with Gasteiger partial charge in [0.1, 0.15) is 0 Å². The molecule has 20 heavy (non-hydrogen) atoms. The minimum absolute atomic E-state index is 0.0227. The van der Waals surface area contributed by atoms with E-state index in [0.717, 1.165) is 0 Å². The van der Waals surface area contributed by atoms with Gasteiger partial charge in [0.15, 0.2) is 11.6 Å². The zero-order chi connectivity index (χ0) is 14.5. The molecule has 1 aromatic heterocycles. The van der Waals surface area contributed by atoms with Crippen molar-refractivity contribution in [3.63, 3.8) is 0 Å². The van der Waals surface area contributed by atoms with Gasteiger partial charge in [0.05, 0.1) is 27.5 Å². The van der Waals surface area contributed by atoms with Crippen molar-refractivity contribution >= 4 is 55.4 Å². The summed E-state index contributed by atoms with van der Waals surface area (Å²) in [6, 6.07) is 8.66. The van der Waals surface area contributed by atoms with Gasteiger partial charge in [-0.15, -0.1) is 11.3 Å². The smallest absolute Gasteiger partial charge is 0.197 e. The fraction of sp³-hybridized carbons (Fsp3) is 0.143. The van der Waals surface area contributed by atoms with E-state index in [4.69, 9.17) is 11.6 Å². The van der Waals surface area contributed by atoms with Crippen LogP contribution in [-0.2, 0) is 4.79 Å². The summed E-state index contributed by atoms with van der Waals surface area (Å²) < 4.78 is 0. The van der Waals surface area contributed by atoms with E-state index in [1.54, 1.807) is 30.3 Å². The van der Waals surface area contributed by atoms with E-state index in [9.17, 15) is 9.59 Å². The Morgan fingerprint density at radius 1 is 1.20 bits per heavy atom. The lowest BCUT2D eigenvalue weighted by atomic mass is 10.1. The van der Waals surface area contributed by atoms with Crippen molar-refractivity contribution in [3.05, 3.63) is 51.9 Å². The van der Waals surface area contributed by atoms with Gasteiger partial charge < -0.3 is 5.32 Å². The summed E-state index contributed by atoms with van der Waals surface area (Å²) in [6.45, 7) is 0.189. The van der Waals surface area contributed by atoms with Gasteiger partial charge in [-0.25, -0.2) is 0 Å². The zero-order valence-electron chi connectivity index (χ0n) is 10.4. The summed E-state index contributed by atoms with van der Waals surface area (Å²) in [4.78, 5) is 23.8. The molecule has 0 saturated carbocycles. The number of Topliss-reactive ketones (excluding diaryl/α,β-unsaturated/α-hetero) is 1. The summed E-state index contributed by atoms with van der Waals surface area (Å²) in [5, 5.41) is 6.20. The van der Waals surface area contributed by atoms with Gasteiger partial charge in [0.25, 0.3) is 0 Å². The number of thiophene rings is 1. The minimum Gasteiger partial charge on any atom is -0.369 e. The number of nitrogens with one attached hydrogen (secondary N) is 1. The van der Waals surface area contributed by atoms with E-state index < -0.39 is 0 Å². The van der Waals surface area contributed by atoms with Crippen LogP contribution >= 0.6 is 38.9 Å². The molecule has 0 aliphatic rings. The average molecular weight is 373 g/mol. The van der Waals surface area contributed by atoms with Crippen LogP contribution in [-0.4, -0.2) is 23.4 Å². The third kappa shape index (κ3) is 3.48. The van der Waals surface area contributed by atoms with Crippen LogP contribution in [0.2, 0.25) is 5.02 Å². The van der Waals surface area contributed by atoms with Crippen molar-refractivity contribution in [1.82, 2.24) is 0 Å². The van der Waals surface area contributed by atoms with Crippen LogP contribution in [0.1, 0.15) is 15.9 Å². The van der Waals surface area contributed by atoms with Crippen LogP contribution in [0.5, 0.6) is 0 Å². The molecule has 2 aromatic rings. The molecule has 0 unspecified atom stereocenters. The van der Waals surface area contributed by atoms with Crippen LogP contribution in [0.3, 0.4) is 0 Å². The first-order chi connectivity index (χ1) is 9.63. The highest BCUT2D eigenvalue weighted by atomic mass is 79.9. The molecule has 0 spiro atoms. The summed E-state index contributed by atoms with van der Waals surface area (Å²) in [5.74, 6) is -0.125. The van der Waals surface area contributed by atoms with Crippen LogP contribution in [0, 0.1) is 0 Å². The van der Waals surface area contributed by atoms with Gasteiger partial charge in [0, 0.05) is 5.56 Å². The van der Waals surface area contributed by atoms with E-state index in [0.29, 0.717) is 26.5 Å². The number of hydrogen-bond acceptors (Lipinski definition) is 4. The summed E-state index contributed by atoms with van der Waals surface area (Å²) in [7, 11) is 0. The molecule has 0 aliphatic heterocycles. The highest BCUT2D eigenvalue weighted by Gasteiger charge is 2.17. The normalized spacial score (nSPS) is 10.3. The molecule has 0 atom stereocenters. The molecule has 0 amide bonds. The molecular weight excluding hydrogens is 362 g/mol. The lowest BCUT2D eigenvalue weighted by molar-refractivity contribution is -0.114. The van der Waals surface area contributed by atoms with Crippen molar-refractivity contribution in [2.75, 3.05) is 17.2 Å². The number of rotatable bonds is 6. The minimum atomic E-state index is -0.148. The molecule has 2 rings (SSSR count). The van der Waals surface area contributed by atoms with Crippen molar-refractivity contribution in [2.45, 2.75) is 0 Å². The molecular formula is C14H11BrClNO2S. The first-order valence-corrected chi connectivity index (χ1v) is 8.19. The number of carbonyl (C=O) groups is 2. The van der Waals surface area contributed by atoms with Gasteiger partial charge in [-0.2, -0.15) is 0 Å². The predicted molar refractivity (Wildman–Crippen MR) is 86.5 cm³/mol. The summed E-state index contributed by atoms with van der Waals surface area (Å²) in [5.41, 5.74) is 0.993. The predicted octanol–water partition coefficient (Wildman–Crippen LogP) is 4.01. The van der Waals surface area contributed by atoms with Gasteiger partial charge in [-0.05, 0) is 23.6 Å². The standard InChI is InChI=1S/C14H11BrClNO2S/c15-7-9(18)8-17-14-11(5-6-20-14)13(19)10-3-1-2-4-12(10)16/h1-6,17H,7-8H2. The molecule has 0 fully saturated rings. The van der Waals surface area contributed by atoms with Crippen molar-refractivity contribution in [1.29, 1.82) is 0 Å². The van der Waals surface area contributed by atoms with E-state index in [2.05, 4.69) is 21.2 Å². The summed E-state index contributed by atoms with van der Waals surface area (Å²) >= 11 is 10.5. The Bertz CT molecular complexity index is 642. The molecule has 0 bridgehead atoms. The Balaban J connectivity index is 2.22. The van der Waals surface area contributed by atoms with Gasteiger partial charge in [0.2, 0.25) is 0 Å². The Labute approximate surface area is 134 Å². The molecule has 0 saturated heterocycles. The van der Waals surface area contributed by atoms with Crippen LogP contribution < -0.4 is 5.32 Å². The maximum absolute atomic E-state index is 12.5. The highest BCUT2D eigenvalue weighted by molar-refractivity contribution is 9.09. The number of alkyl halides is 1. The van der Waals surface area contributed by atoms with Gasteiger partial charge in [-0.3, -0.25) is 9.59 Å². The van der Waals surface area contributed by atoms with Gasteiger partial charge >= 0.3 is 0 Å². The zero-order valence-corrected chi connectivity index (χ0v) is 13.5. The number of anilines is 1. The molecule has 104 valence electrons. The van der Waals surface area contributed by atoms with E-state index >= 15 is 0 Å². The Morgan fingerprint density at radius 2 is 1.95 bits per heavy atom. The van der Waals surface area contributed by atoms with Crippen molar-refractivity contribution < 1.29 is 9.59 Å². The number of benzene rings is 1. The summed E-state index contributed by atoms with van der Waals surface area (Å²) in [6.07, 6.45) is 0. The second kappa shape index (κ2) is 7.02.